The van der Waals surface area contributed by atoms with E-state index in [4.69, 9.17) is 4.74 Å². The third kappa shape index (κ3) is 4.41. The van der Waals surface area contributed by atoms with Crippen LogP contribution in [-0.4, -0.2) is 55.1 Å². The van der Waals surface area contributed by atoms with E-state index in [2.05, 4.69) is 4.90 Å². The van der Waals surface area contributed by atoms with Crippen molar-refractivity contribution in [2.45, 2.75) is 20.3 Å². The van der Waals surface area contributed by atoms with Crippen molar-refractivity contribution in [1.82, 2.24) is 4.90 Å². The number of anilines is 1. The molecule has 0 N–H and O–H groups in total. The lowest BCUT2D eigenvalue weighted by molar-refractivity contribution is -0.384. The number of carbonyl (C=O) groups is 1. The van der Waals surface area contributed by atoms with E-state index in [1.54, 1.807) is 19.1 Å². The summed E-state index contributed by atoms with van der Waals surface area (Å²) in [7, 11) is 0. The van der Waals surface area contributed by atoms with Gasteiger partial charge in [0.2, 0.25) is 0 Å². The van der Waals surface area contributed by atoms with Gasteiger partial charge in [-0.05, 0) is 25.8 Å². The van der Waals surface area contributed by atoms with Crippen LogP contribution in [0.1, 0.15) is 18.9 Å². The highest BCUT2D eigenvalue weighted by atomic mass is 16.6. The van der Waals surface area contributed by atoms with E-state index in [1.807, 2.05) is 17.9 Å². The van der Waals surface area contributed by atoms with Crippen LogP contribution < -0.4 is 4.90 Å². The Morgan fingerprint density at radius 3 is 2.78 bits per heavy atom. The number of nitro benzene ring substituents is 1. The van der Waals surface area contributed by atoms with Crippen LogP contribution >= 0.6 is 0 Å². The van der Waals surface area contributed by atoms with Gasteiger partial charge in [-0.3, -0.25) is 19.8 Å². The second-order valence-electron chi connectivity index (χ2n) is 5.62. The van der Waals surface area contributed by atoms with Gasteiger partial charge in [0.05, 0.1) is 18.1 Å². The van der Waals surface area contributed by atoms with Gasteiger partial charge < -0.3 is 9.64 Å². The molecule has 0 bridgehead atoms. The molecule has 2 rings (SSSR count). The van der Waals surface area contributed by atoms with Gasteiger partial charge in [-0.2, -0.15) is 0 Å². The van der Waals surface area contributed by atoms with Gasteiger partial charge in [0.1, 0.15) is 5.69 Å². The number of nitrogens with zero attached hydrogens (tertiary/aromatic N) is 3. The first kappa shape index (κ1) is 17.2. The zero-order chi connectivity index (χ0) is 16.8. The first-order chi connectivity index (χ1) is 11.0. The van der Waals surface area contributed by atoms with Gasteiger partial charge in [0, 0.05) is 32.2 Å². The SMILES string of the molecule is CCOC(=O)CN1CCCN(c2c(C)cccc2[N+](=O)[O-])CC1. The third-order valence-corrected chi connectivity index (χ3v) is 3.98. The fraction of sp³-hybridized carbons (Fsp3) is 0.562. The number of para-hydroxylation sites is 1. The van der Waals surface area contributed by atoms with Crippen molar-refractivity contribution in [3.8, 4) is 0 Å². The predicted molar refractivity (Wildman–Crippen MR) is 87.7 cm³/mol. The van der Waals surface area contributed by atoms with Crippen LogP contribution in [0.2, 0.25) is 0 Å². The Kier molecular flexibility index (Phi) is 5.92. The third-order valence-electron chi connectivity index (χ3n) is 3.98. The van der Waals surface area contributed by atoms with E-state index >= 15 is 0 Å². The van der Waals surface area contributed by atoms with Crippen LogP contribution in [0.3, 0.4) is 0 Å². The summed E-state index contributed by atoms with van der Waals surface area (Å²) in [5.74, 6) is -0.220. The molecule has 126 valence electrons. The minimum Gasteiger partial charge on any atom is -0.465 e. The number of ether oxygens (including phenoxy) is 1. The Balaban J connectivity index is 2.09. The lowest BCUT2D eigenvalue weighted by Gasteiger charge is -2.24. The number of carbonyl (C=O) groups excluding carboxylic acids is 1. The van der Waals surface area contributed by atoms with E-state index in [1.165, 1.54) is 0 Å². The highest BCUT2D eigenvalue weighted by molar-refractivity contribution is 5.71. The largest absolute Gasteiger partial charge is 0.465 e. The molecule has 23 heavy (non-hydrogen) atoms. The fourth-order valence-corrected chi connectivity index (χ4v) is 2.94. The van der Waals surface area contributed by atoms with Crippen molar-refractivity contribution in [3.05, 3.63) is 33.9 Å². The molecule has 0 amide bonds. The Bertz CT molecular complexity index is 576. The van der Waals surface area contributed by atoms with Crippen LogP contribution in [-0.2, 0) is 9.53 Å². The molecule has 0 radical (unpaired) electrons. The number of benzene rings is 1. The van der Waals surface area contributed by atoms with E-state index in [-0.39, 0.29) is 23.1 Å². The van der Waals surface area contributed by atoms with Crippen molar-refractivity contribution in [1.29, 1.82) is 0 Å². The Labute approximate surface area is 136 Å². The summed E-state index contributed by atoms with van der Waals surface area (Å²) in [6.45, 7) is 7.21. The Morgan fingerprint density at radius 1 is 1.30 bits per heavy atom. The standard InChI is InChI=1S/C16H23N3O4/c1-3-23-15(20)12-17-8-5-9-18(11-10-17)16-13(2)6-4-7-14(16)19(21)22/h4,6-7H,3,5,8-12H2,1-2H3. The minimum absolute atomic E-state index is 0.142. The molecule has 1 aliphatic rings. The molecule has 1 saturated heterocycles. The Morgan fingerprint density at radius 2 is 2.09 bits per heavy atom. The average Bonchev–Trinajstić information content (AvgIpc) is 2.72. The summed E-state index contributed by atoms with van der Waals surface area (Å²) in [4.78, 5) is 26.7. The molecule has 7 nitrogen and oxygen atoms in total. The van der Waals surface area contributed by atoms with E-state index < -0.39 is 0 Å². The normalized spacial score (nSPS) is 16.0. The van der Waals surface area contributed by atoms with Gasteiger partial charge in [-0.15, -0.1) is 0 Å². The number of nitro groups is 1. The van der Waals surface area contributed by atoms with Crippen LogP contribution in [0.15, 0.2) is 18.2 Å². The number of rotatable bonds is 5. The number of esters is 1. The van der Waals surface area contributed by atoms with Gasteiger partial charge >= 0.3 is 5.97 Å². The first-order valence-electron chi connectivity index (χ1n) is 7.90. The molecule has 1 aliphatic heterocycles. The number of aryl methyl sites for hydroxylation is 1. The molecule has 7 heteroatoms. The molecule has 0 unspecified atom stereocenters. The topological polar surface area (TPSA) is 75.9 Å². The average molecular weight is 321 g/mol. The molecule has 0 aromatic heterocycles. The quantitative estimate of drug-likeness (QED) is 0.469. The molecule has 1 aromatic rings. The van der Waals surface area contributed by atoms with Gasteiger partial charge in [-0.25, -0.2) is 0 Å². The number of hydrogen-bond acceptors (Lipinski definition) is 6. The summed E-state index contributed by atoms with van der Waals surface area (Å²) >= 11 is 0. The molecule has 0 spiro atoms. The van der Waals surface area contributed by atoms with Crippen LogP contribution in [0.25, 0.3) is 0 Å². The van der Waals surface area contributed by atoms with Crippen LogP contribution in [0.5, 0.6) is 0 Å². The highest BCUT2D eigenvalue weighted by Gasteiger charge is 2.24. The Hall–Kier alpha value is -2.15. The molecule has 1 heterocycles. The fourth-order valence-electron chi connectivity index (χ4n) is 2.94. The molecule has 0 atom stereocenters. The van der Waals surface area contributed by atoms with Crippen molar-refractivity contribution < 1.29 is 14.5 Å². The minimum atomic E-state index is -0.330. The summed E-state index contributed by atoms with van der Waals surface area (Å²) in [5, 5.41) is 11.3. The zero-order valence-corrected chi connectivity index (χ0v) is 13.7. The molecular weight excluding hydrogens is 298 g/mol. The second-order valence-corrected chi connectivity index (χ2v) is 5.62. The summed E-state index contributed by atoms with van der Waals surface area (Å²) in [6.07, 6.45) is 0.852. The molecule has 1 aromatic carbocycles. The van der Waals surface area contributed by atoms with Crippen LogP contribution in [0.4, 0.5) is 11.4 Å². The second kappa shape index (κ2) is 7.92. The molecule has 1 fully saturated rings. The molecule has 0 saturated carbocycles. The maximum Gasteiger partial charge on any atom is 0.320 e. The summed E-state index contributed by atoms with van der Waals surface area (Å²) < 4.78 is 4.98. The molecule has 0 aliphatic carbocycles. The lowest BCUT2D eigenvalue weighted by atomic mass is 10.1. The van der Waals surface area contributed by atoms with Crippen molar-refractivity contribution in [2.24, 2.45) is 0 Å². The maximum atomic E-state index is 11.6. The summed E-state index contributed by atoms with van der Waals surface area (Å²) in [5.41, 5.74) is 1.73. The van der Waals surface area contributed by atoms with Crippen molar-refractivity contribution in [3.63, 3.8) is 0 Å². The predicted octanol–water partition coefficient (Wildman–Crippen LogP) is 1.98. The lowest BCUT2D eigenvalue weighted by Crippen LogP contribution is -2.35. The van der Waals surface area contributed by atoms with Gasteiger partial charge in [0.25, 0.3) is 5.69 Å². The van der Waals surface area contributed by atoms with Crippen LogP contribution in [0, 0.1) is 17.0 Å². The van der Waals surface area contributed by atoms with Gasteiger partial charge in [-0.1, -0.05) is 12.1 Å². The molecular formula is C16H23N3O4. The number of hydrogen-bond donors (Lipinski definition) is 0. The van der Waals surface area contributed by atoms with E-state index in [9.17, 15) is 14.9 Å². The summed E-state index contributed by atoms with van der Waals surface area (Å²) in [6, 6.07) is 5.15. The first-order valence-corrected chi connectivity index (χ1v) is 7.90. The van der Waals surface area contributed by atoms with Crippen molar-refractivity contribution >= 4 is 17.3 Å². The maximum absolute atomic E-state index is 11.6. The van der Waals surface area contributed by atoms with Crippen molar-refractivity contribution in [2.75, 3.05) is 44.2 Å². The monoisotopic (exact) mass is 321 g/mol. The van der Waals surface area contributed by atoms with E-state index in [0.717, 1.165) is 25.1 Å². The smallest absolute Gasteiger partial charge is 0.320 e. The van der Waals surface area contributed by atoms with E-state index in [0.29, 0.717) is 25.4 Å². The van der Waals surface area contributed by atoms with Gasteiger partial charge in [0.15, 0.2) is 0 Å². The highest BCUT2D eigenvalue weighted by Crippen LogP contribution is 2.32. The zero-order valence-electron chi connectivity index (χ0n) is 13.7.